The number of ether oxygens (including phenoxy) is 2. The molecule has 2 saturated carbocycles. The Morgan fingerprint density at radius 3 is 1.26 bits per heavy atom. The molecule has 0 amide bonds. The first kappa shape index (κ1) is 29.0. The van der Waals surface area contributed by atoms with Gasteiger partial charge in [-0.05, 0) is 55.8 Å². The number of hydrogen-bond donors (Lipinski definition) is 2. The van der Waals surface area contributed by atoms with Crippen LogP contribution in [0.2, 0.25) is 0 Å². The van der Waals surface area contributed by atoms with Crippen molar-refractivity contribution < 1.29 is 19.7 Å². The Morgan fingerprint density at radius 2 is 1.00 bits per heavy atom. The first-order chi connectivity index (χ1) is 14.5. The molecule has 0 saturated heterocycles. The van der Waals surface area contributed by atoms with E-state index in [1.54, 1.807) is 0 Å². The molecule has 6 atom stereocenters. The molecule has 2 aliphatic rings. The van der Waals surface area contributed by atoms with E-state index in [0.717, 1.165) is 25.7 Å². The molecule has 0 bridgehead atoms. The molecule has 0 radical (unpaired) electrons. The molecular weight excluding hydrogens is 660 g/mol. The summed E-state index contributed by atoms with van der Waals surface area (Å²) >= 11 is 15.6. The lowest BCUT2D eigenvalue weighted by atomic mass is 9.60. The van der Waals surface area contributed by atoms with Crippen molar-refractivity contribution in [2.24, 2.45) is 17.3 Å². The molecule has 2 rings (SSSR count). The summed E-state index contributed by atoms with van der Waals surface area (Å²) in [5, 5.41) is 19.8. The summed E-state index contributed by atoms with van der Waals surface area (Å²) in [6, 6.07) is 0. The van der Waals surface area contributed by atoms with Gasteiger partial charge >= 0.3 is 0 Å². The van der Waals surface area contributed by atoms with Crippen molar-refractivity contribution in [1.29, 1.82) is 0 Å². The Bertz CT molecular complexity index is 470. The van der Waals surface area contributed by atoms with Crippen LogP contribution < -0.4 is 0 Å². The molecule has 2 aliphatic carbocycles. The highest BCUT2D eigenvalue weighted by Gasteiger charge is 2.48. The first-order valence-corrected chi connectivity index (χ1v) is 15.3. The second kappa shape index (κ2) is 13.2. The third-order valence-electron chi connectivity index (χ3n) is 7.47. The summed E-state index contributed by atoms with van der Waals surface area (Å²) in [7, 11) is 0. The van der Waals surface area contributed by atoms with E-state index in [0.29, 0.717) is 37.9 Å². The Labute approximate surface area is 222 Å². The van der Waals surface area contributed by atoms with Gasteiger partial charge in [-0.15, -0.1) is 0 Å². The van der Waals surface area contributed by atoms with E-state index in [9.17, 15) is 10.2 Å². The molecule has 0 aliphatic heterocycles. The third kappa shape index (κ3) is 7.88. The van der Waals surface area contributed by atoms with Crippen LogP contribution in [0.3, 0.4) is 0 Å². The van der Waals surface area contributed by atoms with E-state index < -0.39 is 12.2 Å². The lowest BCUT2D eigenvalue weighted by Crippen LogP contribution is -2.50. The minimum Gasteiger partial charge on any atom is -0.391 e. The zero-order valence-electron chi connectivity index (χ0n) is 19.2. The minimum atomic E-state index is -0.392. The summed E-state index contributed by atoms with van der Waals surface area (Å²) in [4.78, 5) is 1.09. The number of aliphatic hydroxyl groups is 2. The number of halogens is 4. The average Bonchev–Trinajstić information content (AvgIpc) is 2.71. The smallest absolute Gasteiger partial charge is 0.0826 e. The SMILES string of the molecule is CCC(O)COC1C(Br)CC(C(C)(C)C2CC(Br)C(OCC(O)CC)C(Br)C2)CC1Br. The van der Waals surface area contributed by atoms with E-state index in [1.165, 1.54) is 0 Å². The van der Waals surface area contributed by atoms with Crippen molar-refractivity contribution in [3.63, 3.8) is 0 Å². The number of rotatable bonds is 10. The van der Waals surface area contributed by atoms with Crippen molar-refractivity contribution in [2.45, 2.75) is 110 Å². The molecule has 0 spiro atoms. The lowest BCUT2D eigenvalue weighted by molar-refractivity contribution is -0.0499. The molecule has 31 heavy (non-hydrogen) atoms. The Hall–Kier alpha value is 1.76. The van der Waals surface area contributed by atoms with Gasteiger partial charge < -0.3 is 19.7 Å². The molecule has 0 heterocycles. The van der Waals surface area contributed by atoms with Gasteiger partial charge in [-0.1, -0.05) is 91.4 Å². The van der Waals surface area contributed by atoms with Crippen molar-refractivity contribution in [2.75, 3.05) is 13.2 Å². The van der Waals surface area contributed by atoms with Gasteiger partial charge in [0.1, 0.15) is 0 Å². The molecule has 2 fully saturated rings. The Balaban J connectivity index is 1.97. The van der Waals surface area contributed by atoms with Crippen molar-refractivity contribution in [3.8, 4) is 0 Å². The minimum absolute atomic E-state index is 0.0789. The highest BCUT2D eigenvalue weighted by atomic mass is 79.9. The van der Waals surface area contributed by atoms with Gasteiger partial charge in [-0.2, -0.15) is 0 Å². The van der Waals surface area contributed by atoms with E-state index in [2.05, 4.69) is 77.6 Å². The average molecular weight is 700 g/mol. The van der Waals surface area contributed by atoms with Crippen LogP contribution in [0.15, 0.2) is 0 Å². The molecule has 0 aromatic carbocycles. The molecular formula is C23H40Br4O4. The number of aliphatic hydroxyl groups excluding tert-OH is 2. The zero-order chi connectivity index (χ0) is 23.3. The normalized spacial score (nSPS) is 39.3. The fraction of sp³-hybridized carbons (Fsp3) is 1.00. The Morgan fingerprint density at radius 1 is 0.710 bits per heavy atom. The summed E-state index contributed by atoms with van der Waals surface area (Å²) in [6.45, 7) is 9.59. The van der Waals surface area contributed by atoms with E-state index in [4.69, 9.17) is 9.47 Å². The van der Waals surface area contributed by atoms with Crippen LogP contribution in [-0.2, 0) is 9.47 Å². The Kier molecular flexibility index (Phi) is 12.3. The van der Waals surface area contributed by atoms with Gasteiger partial charge in [0.05, 0.1) is 37.6 Å². The van der Waals surface area contributed by atoms with Gasteiger partial charge in [-0.25, -0.2) is 0 Å². The fourth-order valence-electron chi connectivity index (χ4n) is 4.92. The van der Waals surface area contributed by atoms with Crippen LogP contribution in [0.25, 0.3) is 0 Å². The highest BCUT2D eigenvalue weighted by molar-refractivity contribution is 9.10. The van der Waals surface area contributed by atoms with E-state index in [-0.39, 0.29) is 36.9 Å². The molecule has 6 unspecified atom stereocenters. The summed E-state index contributed by atoms with van der Waals surface area (Å²) < 4.78 is 12.1. The van der Waals surface area contributed by atoms with Gasteiger partial charge in [0.15, 0.2) is 0 Å². The first-order valence-electron chi connectivity index (χ1n) is 11.7. The van der Waals surface area contributed by atoms with Gasteiger partial charge in [0.2, 0.25) is 0 Å². The van der Waals surface area contributed by atoms with Gasteiger partial charge in [0, 0.05) is 19.3 Å². The van der Waals surface area contributed by atoms with Crippen molar-refractivity contribution in [1.82, 2.24) is 0 Å². The van der Waals surface area contributed by atoms with Crippen LogP contribution >= 0.6 is 63.7 Å². The van der Waals surface area contributed by atoms with E-state index >= 15 is 0 Å². The second-order valence-electron chi connectivity index (χ2n) is 9.94. The van der Waals surface area contributed by atoms with Gasteiger partial charge in [-0.3, -0.25) is 0 Å². The van der Waals surface area contributed by atoms with Crippen molar-refractivity contribution >= 4 is 63.7 Å². The van der Waals surface area contributed by atoms with Crippen LogP contribution in [0.1, 0.15) is 66.2 Å². The summed E-state index contributed by atoms with van der Waals surface area (Å²) in [5.41, 5.74) is 0.178. The largest absolute Gasteiger partial charge is 0.391 e. The quantitative estimate of drug-likeness (QED) is 0.267. The fourth-order valence-corrected chi connectivity index (χ4v) is 9.62. The topological polar surface area (TPSA) is 58.9 Å². The molecule has 8 heteroatoms. The molecule has 0 aromatic heterocycles. The monoisotopic (exact) mass is 696 g/mol. The predicted molar refractivity (Wildman–Crippen MR) is 142 cm³/mol. The molecule has 0 aromatic rings. The molecule has 2 N–H and O–H groups in total. The zero-order valence-corrected chi connectivity index (χ0v) is 25.5. The lowest BCUT2D eigenvalue weighted by Gasteiger charge is -2.50. The standard InChI is InChI=1S/C23H40Br4O4/c1-5-15(28)11-30-21-17(24)7-13(8-18(21)25)23(3,4)14-9-19(26)22(20(27)10-14)31-12-16(29)6-2/h13-22,28-29H,5-12H2,1-4H3. The van der Waals surface area contributed by atoms with Crippen LogP contribution in [0.4, 0.5) is 0 Å². The molecule has 4 nitrogen and oxygen atoms in total. The maximum atomic E-state index is 9.88. The maximum Gasteiger partial charge on any atom is 0.0826 e. The second-order valence-corrected chi connectivity index (χ2v) is 14.6. The van der Waals surface area contributed by atoms with Crippen LogP contribution in [-0.4, -0.2) is 67.2 Å². The maximum absolute atomic E-state index is 9.88. The van der Waals surface area contributed by atoms with Crippen LogP contribution in [0, 0.1) is 17.3 Å². The van der Waals surface area contributed by atoms with Crippen LogP contribution in [0.5, 0.6) is 0 Å². The summed E-state index contributed by atoms with van der Waals surface area (Å²) in [6.07, 6.45) is 5.09. The third-order valence-corrected chi connectivity index (χ3v) is 11.1. The van der Waals surface area contributed by atoms with Crippen molar-refractivity contribution in [3.05, 3.63) is 0 Å². The summed E-state index contributed by atoms with van der Waals surface area (Å²) in [5.74, 6) is 1.14. The molecule has 184 valence electrons. The number of alkyl halides is 4. The predicted octanol–water partition coefficient (Wildman–Crippen LogP) is 6.20. The number of hydrogen-bond acceptors (Lipinski definition) is 4. The van der Waals surface area contributed by atoms with E-state index in [1.807, 2.05) is 13.8 Å². The van der Waals surface area contributed by atoms with Gasteiger partial charge in [0.25, 0.3) is 0 Å². The highest BCUT2D eigenvalue weighted by Crippen LogP contribution is 2.52.